The van der Waals surface area contributed by atoms with Gasteiger partial charge in [0.1, 0.15) is 0 Å². The summed E-state index contributed by atoms with van der Waals surface area (Å²) in [6.45, 7) is -10.2. The van der Waals surface area contributed by atoms with Crippen LogP contribution in [0, 0.1) is 0 Å². The molecule has 0 aliphatic rings. The van der Waals surface area contributed by atoms with Gasteiger partial charge in [0.2, 0.25) is 0 Å². The summed E-state index contributed by atoms with van der Waals surface area (Å²) in [6.07, 6.45) is -10.8. The third-order valence-electron chi connectivity index (χ3n) is 13.3. The van der Waals surface area contributed by atoms with E-state index < -0.39 is 50.2 Å². The summed E-state index contributed by atoms with van der Waals surface area (Å²) in [5.41, 5.74) is -2.39. The third kappa shape index (κ3) is 9.77. The maximum atomic E-state index is 15.0. The average Bonchev–Trinajstić information content (AvgIpc) is 3.43. The minimum absolute atomic E-state index is 0.0399. The number of alkyl halides is 6. The van der Waals surface area contributed by atoms with Gasteiger partial charge in [-0.25, -0.2) is 0 Å². The monoisotopic (exact) mass is 1110 g/mol. The van der Waals surface area contributed by atoms with Crippen LogP contribution in [-0.4, -0.2) is 7.32 Å². The topological polar surface area (TPSA) is 27.7 Å². The fourth-order valence-electron chi connectivity index (χ4n) is 9.86. The maximum absolute atomic E-state index is 15.0. The van der Waals surface area contributed by atoms with Crippen molar-refractivity contribution in [3.63, 3.8) is 0 Å². The Morgan fingerprint density at radius 1 is 0.338 bits per heavy atom. The van der Waals surface area contributed by atoms with Crippen molar-refractivity contribution >= 4 is 99.2 Å². The van der Waals surface area contributed by atoms with Crippen molar-refractivity contribution in [2.75, 3.05) is 0 Å². The number of hydrogen-bond donors (Lipinski definition) is 0. The van der Waals surface area contributed by atoms with Crippen molar-refractivity contribution in [3.05, 3.63) is 279 Å². The second kappa shape index (κ2) is 21.2. The fourth-order valence-corrected chi connectivity index (χ4v) is 22.8. The van der Waals surface area contributed by atoms with Crippen molar-refractivity contribution in [2.45, 2.75) is 24.7 Å². The summed E-state index contributed by atoms with van der Waals surface area (Å²) in [7, 11) is -2.25. The first-order valence-corrected chi connectivity index (χ1v) is 29.2. The van der Waals surface area contributed by atoms with E-state index in [1.165, 1.54) is 0 Å². The molecule has 0 fully saturated rings. The van der Waals surface area contributed by atoms with E-state index in [0.29, 0.717) is 55.1 Å². The van der Waals surface area contributed by atoms with Crippen molar-refractivity contribution in [2.24, 2.45) is 0 Å². The van der Waals surface area contributed by atoms with Crippen LogP contribution in [0.25, 0.3) is 0 Å². The molecule has 0 aliphatic heterocycles. The molecule has 0 saturated carbocycles. The quantitative estimate of drug-likeness (QED) is 0.0548. The van der Waals surface area contributed by atoms with Gasteiger partial charge >= 0.3 is 448 Å². The Morgan fingerprint density at radius 3 is 0.811 bits per heavy atom. The van der Waals surface area contributed by atoms with Crippen LogP contribution < -0.4 is 36.5 Å². The predicted octanol–water partition coefficient (Wildman–Crippen LogP) is 16.0. The molecule has 0 heterocycles. The molecule has 9 aromatic carbocycles. The first-order chi connectivity index (χ1) is 35.5. The molecule has 0 radical (unpaired) electrons. The molecule has 0 atom stereocenters. The number of hydrogen-bond acceptors (Lipinski definition) is 3. The van der Waals surface area contributed by atoms with Gasteiger partial charge < -0.3 is 0 Å². The minimum atomic E-state index is -5.26. The zero-order valence-electron chi connectivity index (χ0n) is 38.9. The van der Waals surface area contributed by atoms with Crippen molar-refractivity contribution in [3.8, 4) is 5.75 Å². The van der Waals surface area contributed by atoms with E-state index in [1.807, 2.05) is 182 Å². The van der Waals surface area contributed by atoms with Gasteiger partial charge in [0.25, 0.3) is 0 Å². The third-order valence-corrected chi connectivity index (χ3v) is 26.2. The Morgan fingerprint density at radius 2 is 0.581 bits per heavy atom. The van der Waals surface area contributed by atoms with Gasteiger partial charge in [-0.15, -0.1) is 0 Å². The SMILES string of the molecule is FC(F)(F)c1cc(OB(OP(Cc2c(Cl)cccc2Cl)(c2ccccc2)(c2ccccc2)c2ccccc2)OP(Cc2c(Cl)cccc2Cl)(c2ccccc2)(c2ccccc2)c2ccccc2)cc(C(F)(F)F)c1. The molecule has 0 unspecified atom stereocenters. The molecule has 9 rings (SSSR count). The summed E-state index contributed by atoms with van der Waals surface area (Å²) < 4.78 is 113. The van der Waals surface area contributed by atoms with E-state index in [4.69, 9.17) is 59.9 Å². The van der Waals surface area contributed by atoms with Gasteiger partial charge in [-0.05, 0) is 0 Å². The number of halogens is 10. The zero-order chi connectivity index (χ0) is 52.2. The van der Waals surface area contributed by atoms with E-state index >= 15 is 0 Å². The zero-order valence-corrected chi connectivity index (χ0v) is 43.7. The van der Waals surface area contributed by atoms with Crippen LogP contribution in [0.5, 0.6) is 5.75 Å². The summed E-state index contributed by atoms with van der Waals surface area (Å²) in [5.74, 6) is -0.861. The molecular formula is C58H43BCl4F6O3P2. The first-order valence-electron chi connectivity index (χ1n) is 23.0. The van der Waals surface area contributed by atoms with Gasteiger partial charge in [-0.2, -0.15) is 0 Å². The molecule has 0 N–H and O–H groups in total. The Hall–Kier alpha value is -5.64. The van der Waals surface area contributed by atoms with Crippen LogP contribution in [0.2, 0.25) is 20.1 Å². The fraction of sp³-hybridized carbons (Fsp3) is 0.0690. The Balaban J connectivity index is 1.50. The van der Waals surface area contributed by atoms with Gasteiger partial charge in [-0.1, -0.05) is 0 Å². The normalized spacial score (nSPS) is 13.3. The molecular weight excluding hydrogens is 1070 g/mol. The molecule has 9 aromatic rings. The van der Waals surface area contributed by atoms with Crippen LogP contribution in [-0.2, 0) is 33.6 Å². The van der Waals surface area contributed by atoms with E-state index in [1.54, 1.807) is 36.4 Å². The molecule has 0 spiro atoms. The molecule has 16 heteroatoms. The molecule has 0 saturated heterocycles. The van der Waals surface area contributed by atoms with Gasteiger partial charge in [0.15, 0.2) is 0 Å². The van der Waals surface area contributed by atoms with Crippen LogP contribution in [0.3, 0.4) is 0 Å². The van der Waals surface area contributed by atoms with Gasteiger partial charge in [0.05, 0.1) is 0 Å². The Labute approximate surface area is 445 Å². The number of benzene rings is 9. The predicted molar refractivity (Wildman–Crippen MR) is 296 cm³/mol. The summed E-state index contributed by atoms with van der Waals surface area (Å²) in [5, 5.41) is 4.36. The Bertz CT molecular complexity index is 2930. The van der Waals surface area contributed by atoms with E-state index in [2.05, 4.69) is 0 Å². The first kappa shape index (κ1) is 53.2. The summed E-state index contributed by atoms with van der Waals surface area (Å²) in [6, 6.07) is 66.2. The van der Waals surface area contributed by atoms with Crippen LogP contribution >= 0.6 is 60.1 Å². The summed E-state index contributed by atoms with van der Waals surface area (Å²) >= 11 is 28.9. The molecule has 0 bridgehead atoms. The van der Waals surface area contributed by atoms with Crippen LogP contribution in [0.4, 0.5) is 26.3 Å². The van der Waals surface area contributed by atoms with Crippen LogP contribution in [0.1, 0.15) is 22.3 Å². The second-order valence-corrected chi connectivity index (χ2v) is 28.1. The molecule has 74 heavy (non-hydrogen) atoms. The number of rotatable bonds is 16. The molecule has 376 valence electrons. The average molecular weight is 1120 g/mol. The van der Waals surface area contributed by atoms with Crippen molar-refractivity contribution in [1.29, 1.82) is 0 Å². The molecule has 0 aliphatic carbocycles. The van der Waals surface area contributed by atoms with Crippen LogP contribution in [0.15, 0.2) is 237 Å². The standard InChI is InChI=1S/C58H43BCl4F6O3P2/c60-53-33-19-34-54(61)51(53)40-73(45-21-7-1-8-22-45,46-23-9-2-10-24-46,47-25-11-3-12-26-47)71-59(70-44-38-42(57(64,65)66)37-43(39-44)58(67,68)69)72-74(48-27-13-4-14-28-48,49-29-15-5-16-30-49,50-31-17-6-18-32-50)41-52-55(62)35-20-36-56(52)63/h1-39H,40-41H2. The second-order valence-electron chi connectivity index (χ2n) is 17.5. The van der Waals surface area contributed by atoms with Gasteiger partial charge in [-0.3, -0.25) is 0 Å². The Kier molecular flexibility index (Phi) is 15.2. The van der Waals surface area contributed by atoms with Crippen molar-refractivity contribution < 1.29 is 39.9 Å². The van der Waals surface area contributed by atoms with E-state index in [-0.39, 0.29) is 38.5 Å². The molecule has 3 nitrogen and oxygen atoms in total. The van der Waals surface area contributed by atoms with E-state index in [0.717, 1.165) is 0 Å². The molecule has 0 aromatic heterocycles. The summed E-state index contributed by atoms with van der Waals surface area (Å²) in [4.78, 5) is 0. The molecule has 0 amide bonds. The van der Waals surface area contributed by atoms with Gasteiger partial charge in [0, 0.05) is 0 Å². The van der Waals surface area contributed by atoms with Crippen molar-refractivity contribution in [1.82, 2.24) is 0 Å². The van der Waals surface area contributed by atoms with E-state index in [9.17, 15) is 26.3 Å².